The third-order valence-corrected chi connectivity index (χ3v) is 4.97. The highest BCUT2D eigenvalue weighted by atomic mass is 16.6. The Kier molecular flexibility index (Phi) is 7.82. The smallest absolute Gasteiger partial charge is 0.270 e. The van der Waals surface area contributed by atoms with Gasteiger partial charge in [-0.1, -0.05) is 18.2 Å². The van der Waals surface area contributed by atoms with Gasteiger partial charge in [-0.15, -0.1) is 0 Å². The number of anilines is 4. The molecule has 4 aromatic rings. The molecule has 0 amide bonds. The first-order valence-electron chi connectivity index (χ1n) is 11.0. The Labute approximate surface area is 219 Å². The van der Waals surface area contributed by atoms with Crippen molar-refractivity contribution in [3.8, 4) is 11.5 Å². The summed E-state index contributed by atoms with van der Waals surface area (Å²) < 4.78 is 0. The molecule has 0 saturated heterocycles. The number of nitrogens with one attached hydrogen (secondary N) is 3. The van der Waals surface area contributed by atoms with Crippen LogP contribution < -0.4 is 16.2 Å². The number of aromatic hydroxyl groups is 2. The Morgan fingerprint density at radius 1 is 0.718 bits per heavy atom. The van der Waals surface area contributed by atoms with Crippen molar-refractivity contribution >= 4 is 47.1 Å². The highest BCUT2D eigenvalue weighted by molar-refractivity contribution is 5.85. The van der Waals surface area contributed by atoms with Crippen molar-refractivity contribution in [3.05, 3.63) is 104 Å². The fourth-order valence-corrected chi connectivity index (χ4v) is 3.13. The molecular formula is C24H19N9O6. The summed E-state index contributed by atoms with van der Waals surface area (Å²) in [6.07, 6.45) is 2.35. The van der Waals surface area contributed by atoms with Gasteiger partial charge in [0.1, 0.15) is 17.3 Å². The van der Waals surface area contributed by atoms with Gasteiger partial charge in [-0.3, -0.25) is 25.7 Å². The molecule has 0 spiro atoms. The van der Waals surface area contributed by atoms with Crippen LogP contribution in [0, 0.1) is 20.2 Å². The number of aromatic nitrogens is 2. The maximum atomic E-state index is 11.0. The second kappa shape index (κ2) is 11.7. The molecule has 4 rings (SSSR count). The van der Waals surface area contributed by atoms with E-state index in [1.807, 2.05) is 30.3 Å². The maximum absolute atomic E-state index is 11.0. The number of nitrogens with zero attached hydrogens (tertiary/aromatic N) is 6. The van der Waals surface area contributed by atoms with Crippen molar-refractivity contribution in [1.29, 1.82) is 0 Å². The molecule has 196 valence electrons. The summed E-state index contributed by atoms with van der Waals surface area (Å²) in [5.41, 5.74) is 5.74. The number of non-ortho nitro benzene ring substituents is 2. The minimum absolute atomic E-state index is 0.00648. The minimum Gasteiger partial charge on any atom is -0.507 e. The van der Waals surface area contributed by atoms with Crippen LogP contribution >= 0.6 is 0 Å². The van der Waals surface area contributed by atoms with Crippen LogP contribution in [0.4, 0.5) is 34.6 Å². The van der Waals surface area contributed by atoms with E-state index in [1.54, 1.807) is 0 Å². The quantitative estimate of drug-likeness (QED) is 0.111. The molecule has 0 saturated carbocycles. The number of phenolic OH excluding ortho intramolecular Hbond substituents is 2. The second-order valence-electron chi connectivity index (χ2n) is 7.69. The molecule has 1 heterocycles. The summed E-state index contributed by atoms with van der Waals surface area (Å²) in [6, 6.07) is 17.7. The van der Waals surface area contributed by atoms with Crippen molar-refractivity contribution in [3.63, 3.8) is 0 Å². The van der Waals surface area contributed by atoms with Gasteiger partial charge in [-0.2, -0.15) is 20.2 Å². The number of hydrazone groups is 2. The van der Waals surface area contributed by atoms with Crippen molar-refractivity contribution in [2.45, 2.75) is 0 Å². The number of nitro benzene ring substituents is 2. The maximum Gasteiger partial charge on any atom is 0.270 e. The lowest BCUT2D eigenvalue weighted by atomic mass is 10.2. The van der Waals surface area contributed by atoms with Crippen LogP contribution in [0.2, 0.25) is 0 Å². The zero-order valence-corrected chi connectivity index (χ0v) is 19.8. The summed E-state index contributed by atoms with van der Waals surface area (Å²) in [6.45, 7) is 0. The highest BCUT2D eigenvalue weighted by Gasteiger charge is 2.11. The Balaban J connectivity index is 1.57. The van der Waals surface area contributed by atoms with Gasteiger partial charge in [-0.05, 0) is 24.3 Å². The molecule has 1 aromatic heterocycles. The van der Waals surface area contributed by atoms with Gasteiger partial charge in [0.25, 0.3) is 11.4 Å². The summed E-state index contributed by atoms with van der Waals surface area (Å²) in [4.78, 5) is 29.4. The molecule has 0 bridgehead atoms. The normalized spacial score (nSPS) is 11.0. The molecule has 5 N–H and O–H groups in total. The van der Waals surface area contributed by atoms with E-state index in [9.17, 15) is 30.4 Å². The molecule has 39 heavy (non-hydrogen) atoms. The van der Waals surface area contributed by atoms with E-state index < -0.39 is 9.85 Å². The number of hydrogen-bond acceptors (Lipinski definition) is 13. The monoisotopic (exact) mass is 529 g/mol. The van der Waals surface area contributed by atoms with Gasteiger partial charge in [0.15, 0.2) is 5.82 Å². The molecule has 15 nitrogen and oxygen atoms in total. The van der Waals surface area contributed by atoms with Crippen LogP contribution in [0.1, 0.15) is 11.1 Å². The van der Waals surface area contributed by atoms with E-state index in [-0.39, 0.29) is 45.8 Å². The molecule has 0 radical (unpaired) electrons. The highest BCUT2D eigenvalue weighted by Crippen LogP contribution is 2.23. The third-order valence-electron chi connectivity index (χ3n) is 4.97. The van der Waals surface area contributed by atoms with Crippen LogP contribution in [-0.4, -0.2) is 42.5 Å². The first kappa shape index (κ1) is 26.0. The summed E-state index contributed by atoms with van der Waals surface area (Å²) >= 11 is 0. The van der Waals surface area contributed by atoms with Gasteiger partial charge >= 0.3 is 0 Å². The summed E-state index contributed by atoms with van der Waals surface area (Å²) in [7, 11) is 0. The van der Waals surface area contributed by atoms with Crippen LogP contribution in [-0.2, 0) is 0 Å². The molecule has 0 unspecified atom stereocenters. The van der Waals surface area contributed by atoms with E-state index in [2.05, 4.69) is 36.3 Å². The van der Waals surface area contributed by atoms with E-state index >= 15 is 0 Å². The topological polar surface area (TPSA) is 213 Å². The number of rotatable bonds is 10. The van der Waals surface area contributed by atoms with Crippen molar-refractivity contribution < 1.29 is 20.1 Å². The van der Waals surface area contributed by atoms with Gasteiger partial charge in [0, 0.05) is 47.1 Å². The fraction of sp³-hybridized carbons (Fsp3) is 0. The van der Waals surface area contributed by atoms with E-state index in [0.29, 0.717) is 5.82 Å². The lowest BCUT2D eigenvalue weighted by Crippen LogP contribution is -2.04. The number of para-hydroxylation sites is 1. The standard InChI is InChI=1S/C24H19N9O6/c34-20-8-6-18(32(36)37)10-15(20)13-25-30-23-12-22(27-17-4-2-1-3-5-17)28-24(29-23)31-26-14-16-11-19(33(38)39)7-9-21(16)35/h1-14,34-35H,(H3,27,28,29,30,31). The fourth-order valence-electron chi connectivity index (χ4n) is 3.13. The molecule has 3 aromatic carbocycles. The molecule has 0 atom stereocenters. The van der Waals surface area contributed by atoms with Gasteiger partial charge in [-0.25, -0.2) is 5.43 Å². The van der Waals surface area contributed by atoms with Crippen molar-refractivity contribution in [1.82, 2.24) is 9.97 Å². The first-order chi connectivity index (χ1) is 18.8. The number of hydrogen-bond donors (Lipinski definition) is 5. The number of nitro groups is 2. The van der Waals surface area contributed by atoms with Gasteiger partial charge in [0.05, 0.1) is 22.3 Å². The molecule has 0 aliphatic heterocycles. The average molecular weight is 529 g/mol. The largest absolute Gasteiger partial charge is 0.507 e. The zero-order chi connectivity index (χ0) is 27.8. The molecule has 15 heteroatoms. The molecule has 0 aliphatic carbocycles. The Hall–Kier alpha value is -6.12. The van der Waals surface area contributed by atoms with Gasteiger partial charge < -0.3 is 15.5 Å². The zero-order valence-electron chi connectivity index (χ0n) is 19.8. The van der Waals surface area contributed by atoms with Crippen LogP contribution in [0.25, 0.3) is 0 Å². The van der Waals surface area contributed by atoms with Crippen molar-refractivity contribution in [2.24, 2.45) is 10.2 Å². The van der Waals surface area contributed by atoms with Crippen LogP contribution in [0.5, 0.6) is 11.5 Å². The SMILES string of the molecule is O=[N+]([O-])c1ccc(O)c(C=NNc2cc(Nc3ccccc3)nc(NN=Cc3cc([N+](=O)[O-])ccc3O)n2)c1. The first-order valence-corrected chi connectivity index (χ1v) is 11.0. The lowest BCUT2D eigenvalue weighted by molar-refractivity contribution is -0.385. The predicted molar refractivity (Wildman–Crippen MR) is 144 cm³/mol. The van der Waals surface area contributed by atoms with Crippen LogP contribution in [0.15, 0.2) is 83.0 Å². The van der Waals surface area contributed by atoms with Crippen LogP contribution in [0.3, 0.4) is 0 Å². The predicted octanol–water partition coefficient (Wildman–Crippen LogP) is 4.34. The Bertz CT molecular complexity index is 1480. The van der Waals surface area contributed by atoms with Gasteiger partial charge in [0.2, 0.25) is 5.95 Å². The van der Waals surface area contributed by atoms with E-state index in [1.165, 1.54) is 30.6 Å². The second-order valence-corrected chi connectivity index (χ2v) is 7.69. The number of phenols is 2. The molecule has 0 aliphatic rings. The number of benzene rings is 3. The third kappa shape index (κ3) is 6.98. The Morgan fingerprint density at radius 2 is 1.26 bits per heavy atom. The molecule has 0 fully saturated rings. The average Bonchev–Trinajstić information content (AvgIpc) is 2.91. The van der Waals surface area contributed by atoms with E-state index in [4.69, 9.17) is 0 Å². The summed E-state index contributed by atoms with van der Waals surface area (Å²) in [5, 5.41) is 53.0. The Morgan fingerprint density at radius 3 is 1.82 bits per heavy atom. The van der Waals surface area contributed by atoms with Crippen molar-refractivity contribution in [2.75, 3.05) is 16.2 Å². The van der Waals surface area contributed by atoms with E-state index in [0.717, 1.165) is 30.0 Å². The minimum atomic E-state index is -0.599. The summed E-state index contributed by atoms with van der Waals surface area (Å²) in [5.74, 6) is 0.0884. The lowest BCUT2D eigenvalue weighted by Gasteiger charge is -2.09. The molecular weight excluding hydrogens is 510 g/mol.